The summed E-state index contributed by atoms with van der Waals surface area (Å²) in [5, 5.41) is 0. The molecule has 2 aliphatic rings. The van der Waals surface area contributed by atoms with E-state index in [-0.39, 0.29) is 0 Å². The Morgan fingerprint density at radius 1 is 1.31 bits per heavy atom. The normalized spacial score (nSPS) is 41.1. The maximum absolute atomic E-state index is 2.64. The van der Waals surface area contributed by atoms with Crippen molar-refractivity contribution in [2.45, 2.75) is 59.8 Å². The molecule has 0 nitrogen and oxygen atoms in total. The zero-order valence-corrected chi connectivity index (χ0v) is 11.5. The first-order valence-electron chi connectivity index (χ1n) is 7.30. The molecule has 0 saturated heterocycles. The number of fused-ring (bicyclic) bond motifs is 1. The molecular weight excluding hydrogens is 192 g/mol. The molecule has 5 atom stereocenters. The summed E-state index contributed by atoms with van der Waals surface area (Å²) in [6.07, 6.45) is 9.76. The summed E-state index contributed by atoms with van der Waals surface area (Å²) in [4.78, 5) is 0. The highest BCUT2D eigenvalue weighted by Gasteiger charge is 2.39. The van der Waals surface area contributed by atoms with Gasteiger partial charge in [-0.05, 0) is 55.8 Å². The van der Waals surface area contributed by atoms with Gasteiger partial charge < -0.3 is 0 Å². The molecule has 0 aromatic carbocycles. The summed E-state index contributed by atoms with van der Waals surface area (Å²) in [5.74, 6) is 4.77. The molecule has 0 heterocycles. The first-order chi connectivity index (χ1) is 7.63. The average Bonchev–Trinajstić information content (AvgIpc) is 2.28. The van der Waals surface area contributed by atoms with Gasteiger partial charge in [-0.15, -0.1) is 0 Å². The number of hydrogen-bond donors (Lipinski definition) is 0. The molecule has 0 spiro atoms. The Bertz CT molecular complexity index is 263. The summed E-state index contributed by atoms with van der Waals surface area (Å²) < 4.78 is 0. The van der Waals surface area contributed by atoms with Crippen LogP contribution in [0.25, 0.3) is 0 Å². The van der Waals surface area contributed by atoms with Crippen molar-refractivity contribution < 1.29 is 0 Å². The molecule has 16 heavy (non-hydrogen) atoms. The van der Waals surface area contributed by atoms with Crippen molar-refractivity contribution in [3.8, 4) is 0 Å². The topological polar surface area (TPSA) is 0 Å². The zero-order chi connectivity index (χ0) is 11.7. The third-order valence-corrected chi connectivity index (χ3v) is 5.40. The smallest absolute Gasteiger partial charge is 0.0169 e. The Hall–Kier alpha value is -0.260. The van der Waals surface area contributed by atoms with Gasteiger partial charge in [0.2, 0.25) is 0 Å². The van der Waals surface area contributed by atoms with Crippen LogP contribution in [-0.4, -0.2) is 0 Å². The van der Waals surface area contributed by atoms with E-state index >= 15 is 0 Å². The second-order valence-corrected chi connectivity index (χ2v) is 6.40. The second-order valence-electron chi connectivity index (χ2n) is 6.40. The monoisotopic (exact) mass is 220 g/mol. The molecule has 2 rings (SSSR count). The Labute approximate surface area is 102 Å². The summed E-state index contributed by atoms with van der Waals surface area (Å²) >= 11 is 0. The van der Waals surface area contributed by atoms with E-state index in [1.807, 2.05) is 0 Å². The van der Waals surface area contributed by atoms with Crippen LogP contribution in [-0.2, 0) is 0 Å². The summed E-state index contributed by atoms with van der Waals surface area (Å²) in [5.41, 5.74) is 1.66. The van der Waals surface area contributed by atoms with Crippen molar-refractivity contribution in [3.05, 3.63) is 11.6 Å². The fourth-order valence-electron chi connectivity index (χ4n) is 4.06. The summed E-state index contributed by atoms with van der Waals surface area (Å²) in [7, 11) is 0. The highest BCUT2D eigenvalue weighted by molar-refractivity contribution is 5.11. The van der Waals surface area contributed by atoms with Gasteiger partial charge in [-0.2, -0.15) is 0 Å². The molecular formula is C16H28. The Balaban J connectivity index is 2.18. The number of allylic oxidation sites excluding steroid dienone is 2. The lowest BCUT2D eigenvalue weighted by molar-refractivity contribution is 0.0817. The van der Waals surface area contributed by atoms with Crippen LogP contribution >= 0.6 is 0 Å². The van der Waals surface area contributed by atoms with Gasteiger partial charge in [-0.3, -0.25) is 0 Å². The van der Waals surface area contributed by atoms with Crippen molar-refractivity contribution in [2.24, 2.45) is 29.6 Å². The van der Waals surface area contributed by atoms with Gasteiger partial charge in [-0.25, -0.2) is 0 Å². The predicted molar refractivity (Wildman–Crippen MR) is 71.3 cm³/mol. The van der Waals surface area contributed by atoms with E-state index in [1.165, 1.54) is 32.1 Å². The van der Waals surface area contributed by atoms with Crippen LogP contribution in [0.15, 0.2) is 11.6 Å². The molecule has 0 bridgehead atoms. The summed E-state index contributed by atoms with van der Waals surface area (Å²) in [6, 6.07) is 0. The van der Waals surface area contributed by atoms with Crippen molar-refractivity contribution in [1.29, 1.82) is 0 Å². The van der Waals surface area contributed by atoms with Crippen molar-refractivity contribution in [2.75, 3.05) is 0 Å². The largest absolute Gasteiger partial charge is 0.0819 e. The third-order valence-electron chi connectivity index (χ3n) is 5.40. The Morgan fingerprint density at radius 3 is 2.75 bits per heavy atom. The van der Waals surface area contributed by atoms with Gasteiger partial charge in [0.1, 0.15) is 0 Å². The minimum atomic E-state index is 0.910. The van der Waals surface area contributed by atoms with E-state index in [2.05, 4.69) is 33.8 Å². The molecule has 0 radical (unpaired) electrons. The van der Waals surface area contributed by atoms with Crippen LogP contribution in [0.5, 0.6) is 0 Å². The fraction of sp³-hybridized carbons (Fsp3) is 0.875. The number of hydrogen-bond acceptors (Lipinski definition) is 0. The molecule has 0 amide bonds. The molecule has 0 heteroatoms. The van der Waals surface area contributed by atoms with Gasteiger partial charge in [0, 0.05) is 0 Å². The van der Waals surface area contributed by atoms with Crippen molar-refractivity contribution >= 4 is 0 Å². The Kier molecular flexibility index (Phi) is 3.77. The van der Waals surface area contributed by atoms with E-state index in [0.29, 0.717) is 0 Å². The van der Waals surface area contributed by atoms with Crippen LogP contribution in [0.2, 0.25) is 0 Å². The van der Waals surface area contributed by atoms with Gasteiger partial charge in [0.15, 0.2) is 0 Å². The molecule has 2 aliphatic carbocycles. The maximum Gasteiger partial charge on any atom is -0.0169 e. The Morgan fingerprint density at radius 2 is 2.06 bits per heavy atom. The first kappa shape index (κ1) is 12.2. The lowest BCUT2D eigenvalue weighted by atomic mass is 9.60. The van der Waals surface area contributed by atoms with E-state index < -0.39 is 0 Å². The molecule has 0 aromatic rings. The lowest BCUT2D eigenvalue weighted by Gasteiger charge is -2.45. The van der Waals surface area contributed by atoms with Gasteiger partial charge in [-0.1, -0.05) is 45.3 Å². The minimum Gasteiger partial charge on any atom is -0.0819 e. The van der Waals surface area contributed by atoms with E-state index in [9.17, 15) is 0 Å². The molecule has 1 saturated carbocycles. The predicted octanol–water partition coefficient (Wildman–Crippen LogP) is 5.05. The zero-order valence-electron chi connectivity index (χ0n) is 11.5. The molecule has 0 aromatic heterocycles. The van der Waals surface area contributed by atoms with Gasteiger partial charge in [0.05, 0.1) is 0 Å². The quantitative estimate of drug-likeness (QED) is 0.571. The average molecular weight is 220 g/mol. The fourth-order valence-corrected chi connectivity index (χ4v) is 4.06. The molecule has 92 valence electrons. The maximum atomic E-state index is 2.64. The van der Waals surface area contributed by atoms with Gasteiger partial charge in [0.25, 0.3) is 0 Å². The van der Waals surface area contributed by atoms with Gasteiger partial charge >= 0.3 is 0 Å². The van der Waals surface area contributed by atoms with E-state index in [1.54, 1.807) is 5.57 Å². The molecule has 0 aliphatic heterocycles. The van der Waals surface area contributed by atoms with Crippen LogP contribution in [0.4, 0.5) is 0 Å². The molecule has 1 unspecified atom stereocenters. The number of rotatable bonds is 2. The SMILES string of the molecule is CCC(C)[C@@H]1CC[C@@H](C)[C@@H]2CCC(C)=C[C@@H]21. The van der Waals surface area contributed by atoms with Crippen LogP contribution < -0.4 is 0 Å². The van der Waals surface area contributed by atoms with Crippen LogP contribution in [0.1, 0.15) is 59.8 Å². The molecule has 0 N–H and O–H groups in total. The van der Waals surface area contributed by atoms with Crippen molar-refractivity contribution in [3.63, 3.8) is 0 Å². The van der Waals surface area contributed by atoms with E-state index in [0.717, 1.165) is 29.6 Å². The van der Waals surface area contributed by atoms with Crippen LogP contribution in [0.3, 0.4) is 0 Å². The van der Waals surface area contributed by atoms with Crippen LogP contribution in [0, 0.1) is 29.6 Å². The minimum absolute atomic E-state index is 0.910. The summed E-state index contributed by atoms with van der Waals surface area (Å²) in [6.45, 7) is 9.65. The first-order valence-corrected chi connectivity index (χ1v) is 7.30. The van der Waals surface area contributed by atoms with Crippen molar-refractivity contribution in [1.82, 2.24) is 0 Å². The molecule has 1 fully saturated rings. The third kappa shape index (κ3) is 2.21. The van der Waals surface area contributed by atoms with E-state index in [4.69, 9.17) is 0 Å². The highest BCUT2D eigenvalue weighted by atomic mass is 14.4. The second kappa shape index (κ2) is 4.94. The highest BCUT2D eigenvalue weighted by Crippen LogP contribution is 2.48. The lowest BCUT2D eigenvalue weighted by Crippen LogP contribution is -2.37. The standard InChI is InChI=1S/C16H28/c1-5-12(3)14-9-7-13(4)15-8-6-11(2)10-16(14)15/h10,12-16H,5-9H2,1-4H3/t12?,13-,14+,15+,16-/m1/s1.